The molecule has 0 aliphatic carbocycles. The molecule has 2 aliphatic rings. The van der Waals surface area contributed by atoms with Gasteiger partial charge in [-0.1, -0.05) is 5.92 Å². The third-order valence-corrected chi connectivity index (χ3v) is 3.52. The highest BCUT2D eigenvalue weighted by Crippen LogP contribution is 2.41. The Morgan fingerprint density at radius 2 is 2.24 bits per heavy atom. The maximum Gasteiger partial charge on any atom is 0.407 e. The summed E-state index contributed by atoms with van der Waals surface area (Å²) in [4.78, 5) is 12.5. The molecule has 2 heterocycles. The molecule has 17 heavy (non-hydrogen) atoms. The Morgan fingerprint density at radius 1 is 1.59 bits per heavy atom. The molecule has 2 aliphatic heterocycles. The van der Waals surface area contributed by atoms with Gasteiger partial charge in [-0.05, 0) is 0 Å². The second kappa shape index (κ2) is 4.18. The summed E-state index contributed by atoms with van der Waals surface area (Å²) in [6, 6.07) is -0.518. The molecule has 1 N–H and O–H groups in total. The van der Waals surface area contributed by atoms with Crippen molar-refractivity contribution in [3.63, 3.8) is 0 Å². The molecule has 6 nitrogen and oxygen atoms in total. The summed E-state index contributed by atoms with van der Waals surface area (Å²) in [5.41, 5.74) is 0. The number of carboxylic acid groups (broad SMARTS) is 1. The van der Waals surface area contributed by atoms with Crippen LogP contribution in [0.15, 0.2) is 0 Å². The standard InChI is InChI=1S/C11H15NO5/c1-4-7-5-12(10(13)14)9-8(7)17-6-11(9,15-2)16-3/h1,7-9H,5-6H2,2-3H3,(H,13,14). The van der Waals surface area contributed by atoms with E-state index in [9.17, 15) is 9.90 Å². The molecule has 0 bridgehead atoms. The molecule has 0 aromatic heterocycles. The monoisotopic (exact) mass is 241 g/mol. The summed E-state index contributed by atoms with van der Waals surface area (Å²) < 4.78 is 16.2. The quantitative estimate of drug-likeness (QED) is 0.544. The molecule has 3 unspecified atom stereocenters. The van der Waals surface area contributed by atoms with Gasteiger partial charge < -0.3 is 19.3 Å². The maximum atomic E-state index is 11.2. The van der Waals surface area contributed by atoms with Gasteiger partial charge in [-0.3, -0.25) is 4.90 Å². The van der Waals surface area contributed by atoms with Gasteiger partial charge >= 0.3 is 6.09 Å². The van der Waals surface area contributed by atoms with E-state index >= 15 is 0 Å². The van der Waals surface area contributed by atoms with Gasteiger partial charge in [-0.15, -0.1) is 6.42 Å². The van der Waals surface area contributed by atoms with Crippen LogP contribution in [0.25, 0.3) is 0 Å². The Morgan fingerprint density at radius 3 is 2.71 bits per heavy atom. The van der Waals surface area contributed by atoms with E-state index in [2.05, 4.69) is 5.92 Å². The molecule has 0 aromatic rings. The number of terminal acetylenes is 1. The number of methoxy groups -OCH3 is 2. The van der Waals surface area contributed by atoms with Crippen LogP contribution in [0.5, 0.6) is 0 Å². The zero-order valence-electron chi connectivity index (χ0n) is 9.75. The van der Waals surface area contributed by atoms with E-state index in [-0.39, 0.29) is 25.2 Å². The van der Waals surface area contributed by atoms with E-state index in [1.165, 1.54) is 19.1 Å². The second-order valence-electron chi connectivity index (χ2n) is 4.15. The first-order chi connectivity index (χ1) is 8.09. The molecule has 0 saturated carbocycles. The lowest BCUT2D eigenvalue weighted by Crippen LogP contribution is -2.54. The molecule has 2 fully saturated rings. The number of hydrogen-bond acceptors (Lipinski definition) is 4. The fraction of sp³-hybridized carbons (Fsp3) is 0.727. The van der Waals surface area contributed by atoms with Crippen molar-refractivity contribution < 1.29 is 24.1 Å². The summed E-state index contributed by atoms with van der Waals surface area (Å²) in [5.74, 6) is 1.24. The molecule has 6 heteroatoms. The zero-order chi connectivity index (χ0) is 12.6. The number of nitrogens with zero attached hydrogens (tertiary/aromatic N) is 1. The Kier molecular flexibility index (Phi) is 3.00. The average Bonchev–Trinajstić information content (AvgIpc) is 2.86. The third-order valence-electron chi connectivity index (χ3n) is 3.52. The summed E-state index contributed by atoms with van der Waals surface area (Å²) in [6.45, 7) is 0.424. The molecule has 94 valence electrons. The highest BCUT2D eigenvalue weighted by molar-refractivity contribution is 5.66. The second-order valence-corrected chi connectivity index (χ2v) is 4.15. The molecular formula is C11H15NO5. The normalized spacial score (nSPS) is 34.4. The van der Waals surface area contributed by atoms with Crippen molar-refractivity contribution in [2.24, 2.45) is 5.92 Å². The number of hydrogen-bond donors (Lipinski definition) is 1. The molecule has 2 rings (SSSR count). The van der Waals surface area contributed by atoms with Crippen LogP contribution in [-0.4, -0.2) is 61.4 Å². The molecule has 0 aromatic carbocycles. The van der Waals surface area contributed by atoms with Crippen molar-refractivity contribution in [1.29, 1.82) is 0 Å². The van der Waals surface area contributed by atoms with E-state index in [1.54, 1.807) is 0 Å². The van der Waals surface area contributed by atoms with E-state index in [0.29, 0.717) is 0 Å². The van der Waals surface area contributed by atoms with Gasteiger partial charge in [0, 0.05) is 20.8 Å². The Bertz CT molecular complexity index is 359. The molecule has 0 radical (unpaired) electrons. The van der Waals surface area contributed by atoms with Crippen molar-refractivity contribution in [1.82, 2.24) is 4.90 Å². The van der Waals surface area contributed by atoms with Crippen LogP contribution in [0.1, 0.15) is 0 Å². The summed E-state index contributed by atoms with van der Waals surface area (Å²) in [7, 11) is 2.94. The largest absolute Gasteiger partial charge is 0.465 e. The number of carbonyl (C=O) groups is 1. The number of fused-ring (bicyclic) bond motifs is 1. The van der Waals surface area contributed by atoms with Crippen molar-refractivity contribution >= 4 is 6.09 Å². The predicted octanol–water partition coefficient (Wildman–Crippen LogP) is -0.0141. The average molecular weight is 241 g/mol. The molecule has 1 amide bonds. The van der Waals surface area contributed by atoms with Crippen molar-refractivity contribution in [2.45, 2.75) is 17.9 Å². The van der Waals surface area contributed by atoms with Gasteiger partial charge in [0.05, 0.1) is 12.0 Å². The summed E-state index contributed by atoms with van der Waals surface area (Å²) >= 11 is 0. The van der Waals surface area contributed by atoms with Crippen molar-refractivity contribution in [3.05, 3.63) is 0 Å². The smallest absolute Gasteiger partial charge is 0.407 e. The van der Waals surface area contributed by atoms with Gasteiger partial charge in [0.2, 0.25) is 5.79 Å². The maximum absolute atomic E-state index is 11.2. The van der Waals surface area contributed by atoms with Gasteiger partial charge in [-0.2, -0.15) is 0 Å². The van der Waals surface area contributed by atoms with Crippen LogP contribution in [0.4, 0.5) is 4.79 Å². The highest BCUT2D eigenvalue weighted by Gasteiger charge is 2.61. The van der Waals surface area contributed by atoms with E-state index < -0.39 is 17.9 Å². The Hall–Kier alpha value is -1.29. The molecule has 0 spiro atoms. The van der Waals surface area contributed by atoms with Crippen LogP contribution >= 0.6 is 0 Å². The van der Waals surface area contributed by atoms with Crippen LogP contribution in [-0.2, 0) is 14.2 Å². The Labute approximate surface area is 99.4 Å². The fourth-order valence-corrected chi connectivity index (χ4v) is 2.61. The first kappa shape index (κ1) is 12.2. The lowest BCUT2D eigenvalue weighted by atomic mass is 9.99. The van der Waals surface area contributed by atoms with Crippen LogP contribution in [0, 0.1) is 18.3 Å². The molecular weight excluding hydrogens is 226 g/mol. The topological polar surface area (TPSA) is 68.2 Å². The van der Waals surface area contributed by atoms with Gasteiger partial charge in [0.25, 0.3) is 0 Å². The highest BCUT2D eigenvalue weighted by atomic mass is 16.7. The van der Waals surface area contributed by atoms with Gasteiger partial charge in [0.1, 0.15) is 12.6 Å². The van der Waals surface area contributed by atoms with Crippen LogP contribution in [0.2, 0.25) is 0 Å². The van der Waals surface area contributed by atoms with E-state index in [4.69, 9.17) is 20.6 Å². The lowest BCUT2D eigenvalue weighted by molar-refractivity contribution is -0.224. The van der Waals surface area contributed by atoms with Crippen molar-refractivity contribution in [3.8, 4) is 12.3 Å². The first-order valence-electron chi connectivity index (χ1n) is 5.27. The molecule has 2 saturated heterocycles. The fourth-order valence-electron chi connectivity index (χ4n) is 2.61. The zero-order valence-corrected chi connectivity index (χ0v) is 9.75. The minimum atomic E-state index is -1.06. The number of ether oxygens (including phenoxy) is 3. The van der Waals surface area contributed by atoms with Gasteiger partial charge in [-0.25, -0.2) is 4.79 Å². The Balaban J connectivity index is 2.35. The minimum Gasteiger partial charge on any atom is -0.465 e. The van der Waals surface area contributed by atoms with E-state index in [0.717, 1.165) is 0 Å². The summed E-state index contributed by atoms with van der Waals surface area (Å²) in [5, 5.41) is 9.19. The minimum absolute atomic E-state index is 0.178. The van der Waals surface area contributed by atoms with Crippen LogP contribution < -0.4 is 0 Å². The van der Waals surface area contributed by atoms with Gasteiger partial charge in [0.15, 0.2) is 0 Å². The van der Waals surface area contributed by atoms with E-state index in [1.807, 2.05) is 0 Å². The number of likely N-dealkylation sites (tertiary alicyclic amines) is 1. The first-order valence-corrected chi connectivity index (χ1v) is 5.27. The van der Waals surface area contributed by atoms with Crippen molar-refractivity contribution in [2.75, 3.05) is 27.4 Å². The summed E-state index contributed by atoms with van der Waals surface area (Å²) in [6.07, 6.45) is 3.99. The van der Waals surface area contributed by atoms with Crippen LogP contribution in [0.3, 0.4) is 0 Å². The number of amides is 1. The predicted molar refractivity (Wildman–Crippen MR) is 57.3 cm³/mol. The molecule has 3 atom stereocenters. The lowest BCUT2D eigenvalue weighted by Gasteiger charge is -2.34. The SMILES string of the molecule is C#CC1CN(C(=O)O)C2C1OCC2(OC)OC. The third kappa shape index (κ3) is 1.59. The number of rotatable bonds is 2.